The minimum absolute atomic E-state index is 0.159. The summed E-state index contributed by atoms with van der Waals surface area (Å²) in [6, 6.07) is 8.82. The number of ether oxygens (including phenoxy) is 2. The number of aliphatic imine (C=N–C) groups is 1. The van der Waals surface area contributed by atoms with E-state index in [1.807, 2.05) is 43.2 Å². The number of benzene rings is 1. The lowest BCUT2D eigenvalue weighted by Crippen LogP contribution is -2.41. The van der Waals surface area contributed by atoms with Gasteiger partial charge in [0.05, 0.1) is 37.0 Å². The molecule has 12 heteroatoms. The molecule has 0 saturated carbocycles. The van der Waals surface area contributed by atoms with Gasteiger partial charge >= 0.3 is 0 Å². The second kappa shape index (κ2) is 17.2. The van der Waals surface area contributed by atoms with Crippen LogP contribution in [0.2, 0.25) is 0 Å². The van der Waals surface area contributed by atoms with E-state index in [2.05, 4.69) is 30.5 Å². The van der Waals surface area contributed by atoms with Crippen molar-refractivity contribution < 1.29 is 19.2 Å². The molecular weight excluding hydrogens is 524 g/mol. The third-order valence-corrected chi connectivity index (χ3v) is 5.89. The van der Waals surface area contributed by atoms with Gasteiger partial charge in [-0.1, -0.05) is 35.5 Å². The average molecular weight is 563 g/mol. The van der Waals surface area contributed by atoms with Crippen molar-refractivity contribution in [2.24, 2.45) is 21.0 Å². The summed E-state index contributed by atoms with van der Waals surface area (Å²) in [6.07, 6.45) is 12.1. The van der Waals surface area contributed by atoms with Crippen LogP contribution in [-0.2, 0) is 9.68 Å². The number of carbonyl (C=O) groups excluding carboxylic acids is 1. The molecule has 1 aromatic carbocycles. The van der Waals surface area contributed by atoms with E-state index >= 15 is 0 Å². The number of rotatable bonds is 14. The Morgan fingerprint density at radius 1 is 1.27 bits per heavy atom. The predicted molar refractivity (Wildman–Crippen MR) is 163 cm³/mol. The SMILES string of the molecule is C/C=C\C=C/CN(C)c1cc(Oc2cccc(C(=O)NCCN3CCOCC3)c2)ncc1N=C/C(C)=N/O/N=C/N. The third kappa shape index (κ3) is 10.9. The van der Waals surface area contributed by atoms with Gasteiger partial charge < -0.3 is 25.4 Å². The van der Waals surface area contributed by atoms with Gasteiger partial charge in [-0.2, -0.15) is 0 Å². The maximum atomic E-state index is 12.7. The van der Waals surface area contributed by atoms with Crippen molar-refractivity contribution in [3.63, 3.8) is 0 Å². The van der Waals surface area contributed by atoms with E-state index in [1.165, 1.54) is 6.21 Å². The minimum atomic E-state index is -0.159. The summed E-state index contributed by atoms with van der Waals surface area (Å²) in [5.41, 5.74) is 7.52. The summed E-state index contributed by atoms with van der Waals surface area (Å²) in [6.45, 7) is 8.86. The fourth-order valence-electron chi connectivity index (χ4n) is 3.76. The third-order valence-electron chi connectivity index (χ3n) is 5.89. The summed E-state index contributed by atoms with van der Waals surface area (Å²) < 4.78 is 11.4. The maximum absolute atomic E-state index is 12.7. The molecule has 0 atom stereocenters. The number of anilines is 1. The number of hydrogen-bond donors (Lipinski definition) is 2. The van der Waals surface area contributed by atoms with E-state index in [0.717, 1.165) is 44.9 Å². The number of nitrogens with one attached hydrogen (secondary N) is 1. The fraction of sp³-hybridized carbons (Fsp3) is 0.345. The first-order valence-corrected chi connectivity index (χ1v) is 13.3. The van der Waals surface area contributed by atoms with Crippen molar-refractivity contribution in [2.45, 2.75) is 13.8 Å². The number of carbonyl (C=O) groups is 1. The van der Waals surface area contributed by atoms with Crippen molar-refractivity contribution in [1.82, 2.24) is 15.2 Å². The first-order chi connectivity index (χ1) is 20.0. The molecule has 41 heavy (non-hydrogen) atoms. The molecule has 1 saturated heterocycles. The van der Waals surface area contributed by atoms with Crippen LogP contribution in [0.15, 0.2) is 76.1 Å². The summed E-state index contributed by atoms with van der Waals surface area (Å²) in [7, 11) is 1.94. The molecule has 0 radical (unpaired) electrons. The first-order valence-electron chi connectivity index (χ1n) is 13.3. The van der Waals surface area contributed by atoms with Gasteiger partial charge in [0, 0.05) is 51.4 Å². The van der Waals surface area contributed by atoms with Crippen LogP contribution < -0.4 is 20.7 Å². The van der Waals surface area contributed by atoms with Gasteiger partial charge in [-0.15, -0.1) is 0 Å². The number of hydrogen-bond acceptors (Lipinski definition) is 10. The van der Waals surface area contributed by atoms with Crippen molar-refractivity contribution in [1.29, 1.82) is 0 Å². The Kier molecular flexibility index (Phi) is 13.0. The lowest BCUT2D eigenvalue weighted by molar-refractivity contribution is 0.0383. The second-order valence-electron chi connectivity index (χ2n) is 9.01. The van der Waals surface area contributed by atoms with Crippen LogP contribution in [0.1, 0.15) is 24.2 Å². The minimum Gasteiger partial charge on any atom is -0.439 e. The normalized spacial score (nSPS) is 14.9. The number of nitrogens with zero attached hydrogens (tertiary/aromatic N) is 6. The molecule has 1 fully saturated rings. The molecule has 1 amide bonds. The lowest BCUT2D eigenvalue weighted by atomic mass is 10.2. The highest BCUT2D eigenvalue weighted by Crippen LogP contribution is 2.32. The predicted octanol–water partition coefficient (Wildman–Crippen LogP) is 3.50. The fourth-order valence-corrected chi connectivity index (χ4v) is 3.76. The summed E-state index contributed by atoms with van der Waals surface area (Å²) in [5.74, 6) is 0.698. The first kappa shape index (κ1) is 31.0. The molecular formula is C29H38N8O4. The van der Waals surface area contributed by atoms with Gasteiger partial charge in [-0.25, -0.2) is 9.92 Å². The Balaban J connectivity index is 1.73. The van der Waals surface area contributed by atoms with Gasteiger partial charge in [0.15, 0.2) is 0 Å². The zero-order valence-electron chi connectivity index (χ0n) is 23.8. The van der Waals surface area contributed by atoms with E-state index in [-0.39, 0.29) is 5.91 Å². The monoisotopic (exact) mass is 562 g/mol. The molecule has 0 unspecified atom stereocenters. The quantitative estimate of drug-likeness (QED) is 0.154. The van der Waals surface area contributed by atoms with Crippen LogP contribution in [0, 0.1) is 0 Å². The summed E-state index contributed by atoms with van der Waals surface area (Å²) in [4.78, 5) is 30.7. The highest BCUT2D eigenvalue weighted by Gasteiger charge is 2.13. The van der Waals surface area contributed by atoms with Crippen LogP contribution in [-0.4, -0.2) is 87.0 Å². The molecule has 3 N–H and O–H groups in total. The highest BCUT2D eigenvalue weighted by molar-refractivity contribution is 6.29. The Hall–Kier alpha value is -4.55. The smallest absolute Gasteiger partial charge is 0.251 e. The number of oxime groups is 2. The molecule has 218 valence electrons. The lowest BCUT2D eigenvalue weighted by Gasteiger charge is -2.26. The molecule has 2 heterocycles. The van der Waals surface area contributed by atoms with E-state index in [4.69, 9.17) is 20.1 Å². The Bertz CT molecular complexity index is 1270. The van der Waals surface area contributed by atoms with Crippen LogP contribution >= 0.6 is 0 Å². The van der Waals surface area contributed by atoms with E-state index in [0.29, 0.717) is 41.7 Å². The van der Waals surface area contributed by atoms with E-state index in [9.17, 15) is 4.79 Å². The number of morpholine rings is 1. The van der Waals surface area contributed by atoms with E-state index < -0.39 is 0 Å². The van der Waals surface area contributed by atoms with Crippen molar-refractivity contribution >= 4 is 35.5 Å². The Morgan fingerprint density at radius 3 is 2.88 bits per heavy atom. The number of amides is 1. The van der Waals surface area contributed by atoms with Crippen molar-refractivity contribution in [3.05, 3.63) is 66.4 Å². The van der Waals surface area contributed by atoms with Gasteiger partial charge in [-0.05, 0) is 37.2 Å². The van der Waals surface area contributed by atoms with Crippen LogP contribution in [0.5, 0.6) is 11.6 Å². The van der Waals surface area contributed by atoms with Crippen LogP contribution in [0.25, 0.3) is 0 Å². The maximum Gasteiger partial charge on any atom is 0.251 e. The molecule has 1 aliphatic rings. The largest absolute Gasteiger partial charge is 0.439 e. The topological polar surface area (TPSA) is 139 Å². The van der Waals surface area contributed by atoms with Gasteiger partial charge in [0.1, 0.15) is 17.8 Å². The van der Waals surface area contributed by atoms with Gasteiger partial charge in [-0.3, -0.25) is 14.7 Å². The molecule has 0 bridgehead atoms. The Labute approximate surface area is 240 Å². The number of aromatic nitrogens is 1. The molecule has 0 aliphatic carbocycles. The zero-order valence-corrected chi connectivity index (χ0v) is 23.8. The standard InChI is InChI=1S/C29H38N8O4/c1-4-5-6-7-12-36(3)27-19-28(33-21-26(27)32-20-23(2)35-41-34-22-30)40-25-10-8-9-24(18-25)29(38)31-11-13-37-14-16-39-17-15-37/h4-10,18-22H,11-17H2,1-3H3,(H2,30,34)(H,31,38)/b5-4-,7-6-,32-20?,35-23+. The van der Waals surface area contributed by atoms with Crippen molar-refractivity contribution in [3.8, 4) is 11.6 Å². The Morgan fingerprint density at radius 2 is 2.10 bits per heavy atom. The molecule has 3 rings (SSSR count). The van der Waals surface area contributed by atoms with Crippen LogP contribution in [0.4, 0.5) is 11.4 Å². The molecule has 1 aliphatic heterocycles. The number of likely N-dealkylation sites (N-methyl/N-ethyl adjacent to an activating group) is 1. The van der Waals surface area contributed by atoms with E-state index in [1.54, 1.807) is 43.5 Å². The van der Waals surface area contributed by atoms with Gasteiger partial charge in [0.25, 0.3) is 5.91 Å². The van der Waals surface area contributed by atoms with Crippen molar-refractivity contribution in [2.75, 3.05) is 57.9 Å². The number of allylic oxidation sites excluding steroid dienone is 3. The molecule has 12 nitrogen and oxygen atoms in total. The number of pyridine rings is 1. The molecule has 2 aromatic rings. The molecule has 0 spiro atoms. The highest BCUT2D eigenvalue weighted by atomic mass is 16.8. The summed E-state index contributed by atoms with van der Waals surface area (Å²) in [5, 5.41) is 10.1. The zero-order chi connectivity index (χ0) is 29.3. The summed E-state index contributed by atoms with van der Waals surface area (Å²) >= 11 is 0. The number of nitrogens with two attached hydrogens (primary N) is 1. The molecule has 1 aromatic heterocycles. The van der Waals surface area contributed by atoms with Gasteiger partial charge in [0.2, 0.25) is 5.88 Å². The van der Waals surface area contributed by atoms with Crippen LogP contribution in [0.3, 0.4) is 0 Å². The second-order valence-corrected chi connectivity index (χ2v) is 9.01. The average Bonchev–Trinajstić information content (AvgIpc) is 2.99.